The lowest BCUT2D eigenvalue weighted by atomic mass is 9.83. The van der Waals surface area contributed by atoms with Gasteiger partial charge in [0.05, 0.1) is 13.2 Å². The number of carbonyl (C=O) groups is 2. The van der Waals surface area contributed by atoms with Crippen LogP contribution in [0.1, 0.15) is 93.9 Å². The molecule has 0 aromatic rings. The molecule has 0 amide bonds. The molecule has 1 aliphatic carbocycles. The topological polar surface area (TPSA) is 76.7 Å². The first-order chi connectivity index (χ1) is 15.0. The van der Waals surface area contributed by atoms with Crippen LogP contribution in [-0.4, -0.2) is 49.3 Å². The molecule has 0 saturated heterocycles. The number of ether oxygens (including phenoxy) is 2. The van der Waals surface area contributed by atoms with Crippen LogP contribution in [0, 0.1) is 23.7 Å². The van der Waals surface area contributed by atoms with Crippen LogP contribution in [0.2, 0.25) is 0 Å². The third-order valence-corrected chi connectivity index (χ3v) is 5.94. The van der Waals surface area contributed by atoms with Crippen LogP contribution < -0.4 is 10.6 Å². The fraction of sp³-hybridized carbons (Fsp3) is 0.923. The van der Waals surface area contributed by atoms with Gasteiger partial charge in [-0.05, 0) is 62.2 Å². The number of carbonyl (C=O) groups excluding carboxylic acids is 2. The molecule has 0 radical (unpaired) electrons. The molecule has 2 unspecified atom stereocenters. The second-order valence-electron chi connectivity index (χ2n) is 11.2. The average Bonchev–Trinajstić information content (AvgIpc) is 2.68. The minimum atomic E-state index is -0.232. The fourth-order valence-corrected chi connectivity index (χ4v) is 4.38. The van der Waals surface area contributed by atoms with Gasteiger partial charge in [0.1, 0.15) is 12.1 Å². The molecule has 1 aliphatic rings. The Kier molecular flexibility index (Phi) is 13.4. The van der Waals surface area contributed by atoms with Gasteiger partial charge >= 0.3 is 11.9 Å². The van der Waals surface area contributed by atoms with Gasteiger partial charge in [0.25, 0.3) is 0 Å². The van der Waals surface area contributed by atoms with E-state index in [1.807, 2.05) is 0 Å². The number of rotatable bonds is 14. The van der Waals surface area contributed by atoms with Crippen molar-refractivity contribution in [2.75, 3.05) is 13.2 Å². The maximum atomic E-state index is 12.6. The summed E-state index contributed by atoms with van der Waals surface area (Å²) in [6.07, 6.45) is 5.64. The molecule has 2 N–H and O–H groups in total. The third-order valence-electron chi connectivity index (χ3n) is 5.94. The molecule has 188 valence electrons. The summed E-state index contributed by atoms with van der Waals surface area (Å²) in [7, 11) is 0. The molecule has 0 bridgehead atoms. The lowest BCUT2D eigenvalue weighted by Crippen LogP contribution is -2.43. The van der Waals surface area contributed by atoms with Crippen LogP contribution in [0.5, 0.6) is 0 Å². The van der Waals surface area contributed by atoms with Gasteiger partial charge in [-0.15, -0.1) is 0 Å². The van der Waals surface area contributed by atoms with E-state index < -0.39 is 0 Å². The molecule has 0 aliphatic heterocycles. The Labute approximate surface area is 197 Å². The molecular weight excluding hydrogens is 404 g/mol. The Morgan fingerprint density at radius 2 is 0.969 bits per heavy atom. The van der Waals surface area contributed by atoms with Crippen molar-refractivity contribution in [3.63, 3.8) is 0 Å². The fourth-order valence-electron chi connectivity index (χ4n) is 4.38. The summed E-state index contributed by atoms with van der Waals surface area (Å²) in [6, 6.07) is 0.0358. The van der Waals surface area contributed by atoms with Crippen molar-refractivity contribution in [3.8, 4) is 0 Å². The maximum absolute atomic E-state index is 12.6. The van der Waals surface area contributed by atoms with Crippen molar-refractivity contribution in [2.45, 2.75) is 118 Å². The van der Waals surface area contributed by atoms with Gasteiger partial charge in [0.15, 0.2) is 0 Å². The molecule has 32 heavy (non-hydrogen) atoms. The molecule has 6 heteroatoms. The number of esters is 2. The molecule has 1 fully saturated rings. The predicted octanol–water partition coefficient (Wildman–Crippen LogP) is 4.70. The monoisotopic (exact) mass is 454 g/mol. The second kappa shape index (κ2) is 14.9. The maximum Gasteiger partial charge on any atom is 0.323 e. The van der Waals surface area contributed by atoms with Gasteiger partial charge in [-0.1, -0.05) is 55.4 Å². The molecular formula is C26H50N2O4. The number of hydrogen-bond donors (Lipinski definition) is 2. The van der Waals surface area contributed by atoms with Crippen molar-refractivity contribution in [1.82, 2.24) is 10.6 Å². The van der Waals surface area contributed by atoms with Crippen molar-refractivity contribution in [3.05, 3.63) is 0 Å². The number of nitrogens with one attached hydrogen (secondary N) is 2. The highest BCUT2D eigenvalue weighted by Gasteiger charge is 2.28. The zero-order valence-corrected chi connectivity index (χ0v) is 21.9. The van der Waals surface area contributed by atoms with Gasteiger partial charge < -0.3 is 20.1 Å². The predicted molar refractivity (Wildman–Crippen MR) is 130 cm³/mol. The van der Waals surface area contributed by atoms with Crippen LogP contribution in [0.4, 0.5) is 0 Å². The van der Waals surface area contributed by atoms with Crippen LogP contribution >= 0.6 is 0 Å². The van der Waals surface area contributed by atoms with Crippen LogP contribution in [0.25, 0.3) is 0 Å². The van der Waals surface area contributed by atoms with Crippen LogP contribution in [-0.2, 0) is 19.1 Å². The first-order valence-electron chi connectivity index (χ1n) is 12.8. The lowest BCUT2D eigenvalue weighted by Gasteiger charge is -2.29. The van der Waals surface area contributed by atoms with Gasteiger partial charge in [-0.2, -0.15) is 0 Å². The highest BCUT2D eigenvalue weighted by Crippen LogP contribution is 2.29. The lowest BCUT2D eigenvalue weighted by molar-refractivity contribution is -0.150. The molecule has 2 atom stereocenters. The van der Waals surface area contributed by atoms with Gasteiger partial charge in [-0.3, -0.25) is 9.59 Å². The molecule has 1 saturated carbocycles. The van der Waals surface area contributed by atoms with E-state index in [1.54, 1.807) is 0 Å². The van der Waals surface area contributed by atoms with Crippen molar-refractivity contribution in [2.24, 2.45) is 23.7 Å². The molecule has 0 heterocycles. The van der Waals surface area contributed by atoms with E-state index in [1.165, 1.54) is 0 Å². The van der Waals surface area contributed by atoms with Crippen molar-refractivity contribution in [1.29, 1.82) is 0 Å². The molecule has 0 aromatic heterocycles. The normalized spacial score (nSPS) is 21.2. The highest BCUT2D eigenvalue weighted by atomic mass is 16.5. The largest absolute Gasteiger partial charge is 0.464 e. The minimum Gasteiger partial charge on any atom is -0.464 e. The van der Waals surface area contributed by atoms with E-state index in [0.29, 0.717) is 36.9 Å². The van der Waals surface area contributed by atoms with Crippen molar-refractivity contribution >= 4 is 11.9 Å². The summed E-state index contributed by atoms with van der Waals surface area (Å²) in [4.78, 5) is 25.1. The Hall–Kier alpha value is -1.14. The highest BCUT2D eigenvalue weighted by molar-refractivity contribution is 5.76. The minimum absolute atomic E-state index is 0.127. The Morgan fingerprint density at radius 1 is 0.656 bits per heavy atom. The summed E-state index contributed by atoms with van der Waals surface area (Å²) < 4.78 is 11.4. The van der Waals surface area contributed by atoms with Gasteiger partial charge in [0, 0.05) is 12.1 Å². The molecule has 1 rings (SSSR count). The van der Waals surface area contributed by atoms with Crippen LogP contribution in [0.15, 0.2) is 0 Å². The van der Waals surface area contributed by atoms with Crippen LogP contribution in [0.3, 0.4) is 0 Å². The van der Waals surface area contributed by atoms with E-state index in [2.05, 4.69) is 66.0 Å². The smallest absolute Gasteiger partial charge is 0.323 e. The van der Waals surface area contributed by atoms with Crippen molar-refractivity contribution < 1.29 is 19.1 Å². The van der Waals surface area contributed by atoms with E-state index in [-0.39, 0.29) is 36.1 Å². The standard InChI is InChI=1S/C26H50N2O4/c1-17(2)13-23(27-19(5)6)25(29)31-15-21-9-11-22(12-10-21)16-32-26(30)24(14-18(3)4)28-20(7)8/h17-24,27-28H,9-16H2,1-8H3. The Bertz CT molecular complexity index is 472. The van der Waals surface area contributed by atoms with E-state index >= 15 is 0 Å². The second-order valence-corrected chi connectivity index (χ2v) is 11.2. The first kappa shape index (κ1) is 28.9. The summed E-state index contributed by atoms with van der Waals surface area (Å²) in [6.45, 7) is 17.7. The molecule has 6 nitrogen and oxygen atoms in total. The zero-order chi connectivity index (χ0) is 24.3. The summed E-state index contributed by atoms with van der Waals surface area (Å²) in [5, 5.41) is 6.67. The van der Waals surface area contributed by atoms with E-state index in [0.717, 1.165) is 38.5 Å². The third kappa shape index (κ3) is 12.2. The molecule has 0 spiro atoms. The summed E-state index contributed by atoms with van der Waals surface area (Å²) in [5.74, 6) is 1.43. The molecule has 0 aromatic carbocycles. The van der Waals surface area contributed by atoms with Gasteiger partial charge in [-0.25, -0.2) is 0 Å². The summed E-state index contributed by atoms with van der Waals surface area (Å²) in [5.41, 5.74) is 0. The van der Waals surface area contributed by atoms with Gasteiger partial charge in [0.2, 0.25) is 0 Å². The summed E-state index contributed by atoms with van der Waals surface area (Å²) >= 11 is 0. The zero-order valence-electron chi connectivity index (χ0n) is 21.9. The first-order valence-corrected chi connectivity index (χ1v) is 12.8. The SMILES string of the molecule is CC(C)CC(NC(C)C)C(=O)OCC1CCC(COC(=O)C(CC(C)C)NC(C)C)CC1. The number of hydrogen-bond acceptors (Lipinski definition) is 6. The van der Waals surface area contributed by atoms with E-state index in [4.69, 9.17) is 9.47 Å². The average molecular weight is 455 g/mol. The Morgan fingerprint density at radius 3 is 1.22 bits per heavy atom. The van der Waals surface area contributed by atoms with E-state index in [9.17, 15) is 9.59 Å². The Balaban J connectivity index is 2.38. The quantitative estimate of drug-likeness (QED) is 0.370.